The predicted molar refractivity (Wildman–Crippen MR) is 64.0 cm³/mol. The van der Waals surface area contributed by atoms with Crippen LogP contribution in [0.4, 0.5) is 0 Å². The van der Waals surface area contributed by atoms with Gasteiger partial charge in [-0.25, -0.2) is 0 Å². The molecule has 15 heavy (non-hydrogen) atoms. The first-order chi connectivity index (χ1) is 7.36. The van der Waals surface area contributed by atoms with E-state index in [0.717, 1.165) is 15.9 Å². The zero-order valence-corrected chi connectivity index (χ0v) is 8.95. The average molecular weight is 212 g/mol. The van der Waals surface area contributed by atoms with E-state index in [4.69, 9.17) is 0 Å². The minimum atomic E-state index is -1.37. The molecule has 2 heteroatoms. The summed E-state index contributed by atoms with van der Waals surface area (Å²) in [6.45, 7) is 0. The van der Waals surface area contributed by atoms with Gasteiger partial charge in [-0.05, 0) is 17.5 Å². The lowest BCUT2D eigenvalue weighted by Gasteiger charge is -2.02. The van der Waals surface area contributed by atoms with Crippen LogP contribution >= 0.6 is 7.76 Å². The first-order valence-corrected chi connectivity index (χ1v) is 6.19. The van der Waals surface area contributed by atoms with Crippen molar-refractivity contribution in [3.8, 4) is 0 Å². The van der Waals surface area contributed by atoms with E-state index in [2.05, 4.69) is 6.07 Å². The van der Waals surface area contributed by atoms with Crippen molar-refractivity contribution in [2.45, 2.75) is 0 Å². The third kappa shape index (κ3) is 1.32. The quantitative estimate of drug-likeness (QED) is 0.524. The van der Waals surface area contributed by atoms with E-state index >= 15 is 0 Å². The van der Waals surface area contributed by atoms with Gasteiger partial charge in [-0.15, -0.1) is 0 Å². The van der Waals surface area contributed by atoms with E-state index in [0.29, 0.717) is 0 Å². The number of rotatable bonds is 0. The Bertz CT molecular complexity index is 646. The fourth-order valence-corrected chi connectivity index (χ4v) is 3.23. The van der Waals surface area contributed by atoms with Gasteiger partial charge in [0.1, 0.15) is 5.80 Å². The molecule has 0 bridgehead atoms. The Hall–Kier alpha value is -1.43. The summed E-state index contributed by atoms with van der Waals surface area (Å²) in [4.78, 5) is 11.9. The van der Waals surface area contributed by atoms with Crippen LogP contribution in [0.5, 0.6) is 0 Å². The normalized spacial score (nSPS) is 12.2. The zero-order valence-electron chi connectivity index (χ0n) is 8.05. The van der Waals surface area contributed by atoms with Gasteiger partial charge in [0.25, 0.3) is 0 Å². The first kappa shape index (κ1) is 8.84. The molecule has 0 aliphatic heterocycles. The molecule has 1 heterocycles. The van der Waals surface area contributed by atoms with Gasteiger partial charge in [-0.2, -0.15) is 0 Å². The van der Waals surface area contributed by atoms with Crippen LogP contribution < -0.4 is 4.89 Å². The van der Waals surface area contributed by atoms with Crippen molar-refractivity contribution in [2.24, 2.45) is 0 Å². The van der Waals surface area contributed by atoms with E-state index in [1.807, 2.05) is 48.3 Å². The van der Waals surface area contributed by atoms with E-state index < -0.39 is 7.76 Å². The van der Waals surface area contributed by atoms with Crippen molar-refractivity contribution >= 4 is 29.0 Å². The molecule has 0 radical (unpaired) electrons. The molecule has 2 aromatic carbocycles. The van der Waals surface area contributed by atoms with Crippen molar-refractivity contribution in [3.05, 3.63) is 54.3 Å². The molecule has 1 nitrogen and oxygen atoms in total. The number of hydrogen-bond acceptors (Lipinski definition) is 1. The molecule has 3 aromatic rings. The van der Waals surface area contributed by atoms with Gasteiger partial charge >= 0.3 is 0 Å². The molecule has 72 valence electrons. The molecule has 0 saturated heterocycles. The first-order valence-electron chi connectivity index (χ1n) is 4.86. The summed E-state index contributed by atoms with van der Waals surface area (Å²) in [7, 11) is -1.37. The lowest BCUT2D eigenvalue weighted by molar-refractivity contribution is -0.149. The molecule has 0 spiro atoms. The van der Waals surface area contributed by atoms with Crippen LogP contribution in [-0.2, 0) is 0 Å². The highest BCUT2D eigenvalue weighted by Gasteiger charge is 2.07. The summed E-state index contributed by atoms with van der Waals surface area (Å²) in [5, 5.41) is 4.32. The van der Waals surface area contributed by atoms with Crippen LogP contribution in [0.3, 0.4) is 0 Å². The molecule has 0 fully saturated rings. The monoisotopic (exact) mass is 212 g/mol. The van der Waals surface area contributed by atoms with Crippen LogP contribution in [0.1, 0.15) is 0 Å². The summed E-state index contributed by atoms with van der Waals surface area (Å²) in [5.74, 6) is 1.85. The van der Waals surface area contributed by atoms with Crippen LogP contribution in [0.25, 0.3) is 21.3 Å². The topological polar surface area (TPSA) is 23.1 Å². The van der Waals surface area contributed by atoms with Crippen LogP contribution in [0, 0.1) is 0 Å². The summed E-state index contributed by atoms with van der Waals surface area (Å²) < 4.78 is 0. The fourth-order valence-electron chi connectivity index (χ4n) is 1.94. The van der Waals surface area contributed by atoms with E-state index in [-0.39, 0.29) is 0 Å². The SMILES string of the molecule is [O-][p+]1cc2ccccc2c2ccccc21. The molecule has 0 N–H and O–H groups in total. The maximum absolute atomic E-state index is 11.9. The Kier molecular flexibility index (Phi) is 1.95. The Morgan fingerprint density at radius 2 is 1.47 bits per heavy atom. The summed E-state index contributed by atoms with van der Waals surface area (Å²) >= 11 is 0. The second-order valence-electron chi connectivity index (χ2n) is 3.56. The number of fused-ring (bicyclic) bond motifs is 3. The second-order valence-corrected chi connectivity index (χ2v) is 4.95. The summed E-state index contributed by atoms with van der Waals surface area (Å²) in [6, 6.07) is 16.0. The van der Waals surface area contributed by atoms with Crippen molar-refractivity contribution in [1.82, 2.24) is 0 Å². The average Bonchev–Trinajstić information content (AvgIpc) is 2.30. The molecule has 0 amide bonds. The second kappa shape index (κ2) is 3.30. The van der Waals surface area contributed by atoms with E-state index in [1.165, 1.54) is 5.39 Å². The van der Waals surface area contributed by atoms with Crippen LogP contribution in [-0.4, -0.2) is 0 Å². The number of benzene rings is 2. The molecule has 1 aromatic heterocycles. The number of hydrogen-bond donors (Lipinski definition) is 0. The molecule has 0 aliphatic rings. The van der Waals surface area contributed by atoms with Gasteiger partial charge in [-0.3, -0.25) is 0 Å². The molecular weight excluding hydrogens is 203 g/mol. The fraction of sp³-hybridized carbons (Fsp3) is 0. The Morgan fingerprint density at radius 3 is 2.33 bits per heavy atom. The third-order valence-electron chi connectivity index (χ3n) is 2.65. The predicted octanol–water partition coefficient (Wildman–Crippen LogP) is 3.38. The molecule has 3 rings (SSSR count). The van der Waals surface area contributed by atoms with Crippen molar-refractivity contribution < 1.29 is 4.89 Å². The lowest BCUT2D eigenvalue weighted by atomic mass is 10.1. The zero-order chi connectivity index (χ0) is 10.3. The molecule has 0 saturated carbocycles. The molecule has 0 aliphatic carbocycles. The van der Waals surface area contributed by atoms with Gasteiger partial charge in [0.2, 0.25) is 0 Å². The van der Waals surface area contributed by atoms with Gasteiger partial charge in [0.15, 0.2) is 5.12 Å². The van der Waals surface area contributed by atoms with Crippen LogP contribution in [0.2, 0.25) is 0 Å². The van der Waals surface area contributed by atoms with Crippen LogP contribution in [0.15, 0.2) is 54.3 Å². The Morgan fingerprint density at radius 1 is 0.800 bits per heavy atom. The van der Waals surface area contributed by atoms with Gasteiger partial charge in [-0.1, -0.05) is 36.4 Å². The van der Waals surface area contributed by atoms with Crippen molar-refractivity contribution in [1.29, 1.82) is 0 Å². The van der Waals surface area contributed by atoms with Gasteiger partial charge < -0.3 is 4.89 Å². The Balaban J connectivity index is 2.64. The summed E-state index contributed by atoms with van der Waals surface area (Å²) in [6.07, 6.45) is 0. The van der Waals surface area contributed by atoms with Gasteiger partial charge in [0.05, 0.1) is 7.76 Å². The maximum atomic E-state index is 11.9. The smallest absolute Gasteiger partial charge is 0.152 e. The molecule has 1 atom stereocenters. The molecule has 1 unspecified atom stereocenters. The maximum Gasteiger partial charge on any atom is 0.152 e. The highest BCUT2D eigenvalue weighted by molar-refractivity contribution is 7.48. The minimum absolute atomic E-state index is 0.950. The highest BCUT2D eigenvalue weighted by Crippen LogP contribution is 2.36. The van der Waals surface area contributed by atoms with Crippen molar-refractivity contribution in [3.63, 3.8) is 0 Å². The lowest BCUT2D eigenvalue weighted by Crippen LogP contribution is -1.85. The molecular formula is C13H9OP. The largest absolute Gasteiger partial charge is 0.626 e. The highest BCUT2D eigenvalue weighted by atomic mass is 31.1. The summed E-state index contributed by atoms with van der Waals surface area (Å²) in [5.41, 5.74) is 0. The van der Waals surface area contributed by atoms with E-state index in [9.17, 15) is 4.89 Å². The Labute approximate surface area is 88.8 Å². The standard InChI is InChI=1S/C13H9OP/c14-15-9-10-5-1-2-6-11(10)12-7-3-4-8-13(12)15/h1-9H. The van der Waals surface area contributed by atoms with Crippen molar-refractivity contribution in [2.75, 3.05) is 0 Å². The minimum Gasteiger partial charge on any atom is -0.626 e. The van der Waals surface area contributed by atoms with E-state index in [1.54, 1.807) is 0 Å². The third-order valence-corrected chi connectivity index (χ3v) is 4.03. The van der Waals surface area contributed by atoms with Gasteiger partial charge in [0, 0.05) is 10.8 Å².